The molecule has 33 heavy (non-hydrogen) atoms. The number of pyridine rings is 2. The predicted octanol–water partition coefficient (Wildman–Crippen LogP) is 3.57. The van der Waals surface area contributed by atoms with Crippen molar-refractivity contribution in [2.24, 2.45) is 0 Å². The molecule has 0 amide bonds. The Morgan fingerprint density at radius 3 is 2.48 bits per heavy atom. The number of hydrogen-bond donors (Lipinski definition) is 1. The SMILES string of the molecule is CN(c1cc[c]c(-c2cccc(NS(=O)(=O)c3cccnc3)c2)c1)S(=O)(=O)c1ccccn1. The van der Waals surface area contributed by atoms with Crippen LogP contribution < -0.4 is 9.03 Å². The maximum atomic E-state index is 12.9. The number of aromatic nitrogens is 2. The third-order valence-corrected chi connectivity index (χ3v) is 7.85. The van der Waals surface area contributed by atoms with Crippen molar-refractivity contribution in [2.45, 2.75) is 9.92 Å². The van der Waals surface area contributed by atoms with E-state index in [0.29, 0.717) is 22.5 Å². The fourth-order valence-corrected chi connectivity index (χ4v) is 5.19. The van der Waals surface area contributed by atoms with Gasteiger partial charge in [-0.25, -0.2) is 13.4 Å². The topological polar surface area (TPSA) is 109 Å². The quantitative estimate of drug-likeness (QED) is 0.434. The molecule has 1 N–H and O–H groups in total. The standard InChI is InChI=1S/C23H19N4O4S2/c1-27(33(30,31)23-12-2-3-14-25-23)21-10-5-8-19(16-21)18-7-4-9-20(15-18)26-32(28,29)22-11-6-13-24-17-22/h2-7,9-17,26H,1H3. The summed E-state index contributed by atoms with van der Waals surface area (Å²) >= 11 is 0. The van der Waals surface area contributed by atoms with Gasteiger partial charge < -0.3 is 0 Å². The van der Waals surface area contributed by atoms with E-state index in [9.17, 15) is 16.8 Å². The summed E-state index contributed by atoms with van der Waals surface area (Å²) in [5, 5.41) is -0.0614. The van der Waals surface area contributed by atoms with E-state index in [1.807, 2.05) is 0 Å². The highest BCUT2D eigenvalue weighted by atomic mass is 32.2. The summed E-state index contributed by atoms with van der Waals surface area (Å²) in [5.74, 6) is 0. The molecule has 0 saturated carbocycles. The molecule has 4 rings (SSSR count). The Morgan fingerprint density at radius 2 is 1.76 bits per heavy atom. The van der Waals surface area contributed by atoms with Crippen molar-refractivity contribution in [1.82, 2.24) is 9.97 Å². The Labute approximate surface area is 192 Å². The molecule has 0 fully saturated rings. The highest BCUT2D eigenvalue weighted by Crippen LogP contribution is 2.29. The summed E-state index contributed by atoms with van der Waals surface area (Å²) in [6, 6.07) is 22.4. The first kappa shape index (κ1) is 22.4. The Balaban J connectivity index is 1.63. The van der Waals surface area contributed by atoms with E-state index in [1.54, 1.807) is 60.7 Å². The molecular formula is C23H19N4O4S2. The van der Waals surface area contributed by atoms with Crippen LogP contribution in [0.25, 0.3) is 11.1 Å². The molecule has 0 unspecified atom stereocenters. The summed E-state index contributed by atoms with van der Waals surface area (Å²) in [4.78, 5) is 7.83. The van der Waals surface area contributed by atoms with Crippen LogP contribution >= 0.6 is 0 Å². The summed E-state index contributed by atoms with van der Waals surface area (Å²) in [7, 11) is -6.20. The van der Waals surface area contributed by atoms with Crippen LogP contribution in [-0.4, -0.2) is 33.9 Å². The van der Waals surface area contributed by atoms with Crippen molar-refractivity contribution in [3.8, 4) is 11.1 Å². The molecule has 4 aromatic rings. The molecule has 0 aliphatic carbocycles. The third kappa shape index (κ3) is 4.86. The normalized spacial score (nSPS) is 11.7. The van der Waals surface area contributed by atoms with Crippen LogP contribution in [0, 0.1) is 6.07 Å². The molecule has 0 aliphatic heterocycles. The minimum Gasteiger partial charge on any atom is -0.280 e. The van der Waals surface area contributed by atoms with Crippen molar-refractivity contribution in [1.29, 1.82) is 0 Å². The van der Waals surface area contributed by atoms with Gasteiger partial charge in [0.1, 0.15) is 4.90 Å². The Morgan fingerprint density at radius 1 is 0.909 bits per heavy atom. The van der Waals surface area contributed by atoms with E-state index in [4.69, 9.17) is 0 Å². The van der Waals surface area contributed by atoms with Crippen molar-refractivity contribution in [2.75, 3.05) is 16.1 Å². The Bertz CT molecular complexity index is 1480. The van der Waals surface area contributed by atoms with Gasteiger partial charge in [-0.3, -0.25) is 14.0 Å². The first-order valence-electron chi connectivity index (χ1n) is 9.72. The molecular weight excluding hydrogens is 460 g/mol. The lowest BCUT2D eigenvalue weighted by Gasteiger charge is -2.19. The lowest BCUT2D eigenvalue weighted by Crippen LogP contribution is -2.27. The fraction of sp³-hybridized carbons (Fsp3) is 0.0435. The molecule has 2 aromatic heterocycles. The van der Waals surface area contributed by atoms with Crippen LogP contribution in [0.15, 0.2) is 101 Å². The molecule has 0 saturated heterocycles. The average molecular weight is 480 g/mol. The third-order valence-electron chi connectivity index (χ3n) is 4.78. The summed E-state index contributed by atoms with van der Waals surface area (Å²) in [5.41, 5.74) is 2.02. The molecule has 0 spiro atoms. The highest BCUT2D eigenvalue weighted by Gasteiger charge is 2.22. The largest absolute Gasteiger partial charge is 0.281 e. The van der Waals surface area contributed by atoms with Gasteiger partial charge in [-0.15, -0.1) is 0 Å². The van der Waals surface area contributed by atoms with E-state index in [-0.39, 0.29) is 9.92 Å². The molecule has 2 aromatic carbocycles. The zero-order valence-corrected chi connectivity index (χ0v) is 19.1. The predicted molar refractivity (Wildman–Crippen MR) is 126 cm³/mol. The smallest absolute Gasteiger partial charge is 0.280 e. The second-order valence-corrected chi connectivity index (χ2v) is 10.6. The van der Waals surface area contributed by atoms with Crippen molar-refractivity contribution >= 4 is 31.4 Å². The molecule has 8 nitrogen and oxygen atoms in total. The zero-order chi connectivity index (χ0) is 23.5. The molecule has 10 heteroatoms. The van der Waals surface area contributed by atoms with E-state index in [2.05, 4.69) is 20.8 Å². The number of sulfonamides is 2. The van der Waals surface area contributed by atoms with Crippen LogP contribution in [0.3, 0.4) is 0 Å². The number of benzene rings is 2. The van der Waals surface area contributed by atoms with Crippen molar-refractivity contribution in [3.63, 3.8) is 0 Å². The minimum atomic E-state index is -3.84. The maximum absolute atomic E-state index is 12.9. The molecule has 0 bridgehead atoms. The Kier molecular flexibility index (Phi) is 6.12. The van der Waals surface area contributed by atoms with Crippen LogP contribution in [0.4, 0.5) is 11.4 Å². The van der Waals surface area contributed by atoms with E-state index < -0.39 is 20.0 Å². The van der Waals surface area contributed by atoms with Gasteiger partial charge in [-0.05, 0) is 65.7 Å². The lowest BCUT2D eigenvalue weighted by molar-refractivity contribution is 0.590. The van der Waals surface area contributed by atoms with Gasteiger partial charge in [0.25, 0.3) is 20.0 Å². The summed E-state index contributed by atoms with van der Waals surface area (Å²) in [6.07, 6.45) is 4.18. The van der Waals surface area contributed by atoms with Crippen LogP contribution in [0.1, 0.15) is 0 Å². The van der Waals surface area contributed by atoms with Crippen molar-refractivity contribution < 1.29 is 16.8 Å². The van der Waals surface area contributed by atoms with Gasteiger partial charge in [0, 0.05) is 31.3 Å². The van der Waals surface area contributed by atoms with Gasteiger partial charge in [-0.2, -0.15) is 8.42 Å². The average Bonchev–Trinajstić information content (AvgIpc) is 2.84. The lowest BCUT2D eigenvalue weighted by atomic mass is 10.0. The van der Waals surface area contributed by atoms with E-state index in [0.717, 1.165) is 4.31 Å². The molecule has 2 heterocycles. The highest BCUT2D eigenvalue weighted by molar-refractivity contribution is 7.93. The first-order chi connectivity index (χ1) is 15.8. The number of rotatable bonds is 7. The van der Waals surface area contributed by atoms with E-state index in [1.165, 1.54) is 37.8 Å². The zero-order valence-electron chi connectivity index (χ0n) is 17.5. The number of anilines is 2. The molecule has 1 radical (unpaired) electrons. The van der Waals surface area contributed by atoms with Gasteiger partial charge in [0.05, 0.1) is 5.69 Å². The van der Waals surface area contributed by atoms with Gasteiger partial charge in [0.2, 0.25) is 0 Å². The monoisotopic (exact) mass is 479 g/mol. The number of hydrogen-bond acceptors (Lipinski definition) is 6. The minimum absolute atomic E-state index is 0.0466. The van der Waals surface area contributed by atoms with Crippen molar-refractivity contribution in [3.05, 3.63) is 97.5 Å². The number of nitrogens with one attached hydrogen (secondary N) is 1. The van der Waals surface area contributed by atoms with Crippen LogP contribution in [0.2, 0.25) is 0 Å². The summed E-state index contributed by atoms with van der Waals surface area (Å²) in [6.45, 7) is 0. The summed E-state index contributed by atoms with van der Waals surface area (Å²) < 4.78 is 54.7. The van der Waals surface area contributed by atoms with Gasteiger partial charge in [0.15, 0.2) is 5.03 Å². The maximum Gasteiger partial charge on any atom is 0.281 e. The van der Waals surface area contributed by atoms with Gasteiger partial charge in [-0.1, -0.05) is 24.3 Å². The molecule has 0 aliphatic rings. The second kappa shape index (κ2) is 9.00. The van der Waals surface area contributed by atoms with Gasteiger partial charge >= 0.3 is 0 Å². The number of nitrogens with zero attached hydrogens (tertiary/aromatic N) is 3. The van der Waals surface area contributed by atoms with Crippen LogP contribution in [-0.2, 0) is 20.0 Å². The second-order valence-electron chi connectivity index (χ2n) is 6.98. The molecule has 167 valence electrons. The fourth-order valence-electron chi connectivity index (χ4n) is 3.07. The Hall–Kier alpha value is -3.76. The van der Waals surface area contributed by atoms with E-state index >= 15 is 0 Å². The first-order valence-corrected chi connectivity index (χ1v) is 12.6. The van der Waals surface area contributed by atoms with Crippen LogP contribution in [0.5, 0.6) is 0 Å². The molecule has 0 atom stereocenters.